The molecule has 1 saturated heterocycles. The first-order valence-electron chi connectivity index (χ1n) is 6.22. The number of rotatable bonds is 1. The number of amides is 2. The van der Waals surface area contributed by atoms with E-state index in [1.54, 1.807) is 24.3 Å². The molecule has 6 nitrogen and oxygen atoms in total. The molecule has 0 aromatic heterocycles. The number of aldehydes is 1. The van der Waals surface area contributed by atoms with Crippen molar-refractivity contribution in [2.45, 2.75) is 13.8 Å². The molecule has 2 rings (SSSR count). The number of hydrogen-bond donors (Lipinski definition) is 1. The van der Waals surface area contributed by atoms with Gasteiger partial charge in [-0.3, -0.25) is 29.6 Å². The lowest BCUT2D eigenvalue weighted by Crippen LogP contribution is -2.37. The molecule has 1 aliphatic rings. The van der Waals surface area contributed by atoms with Crippen molar-refractivity contribution in [3.05, 3.63) is 34.9 Å². The summed E-state index contributed by atoms with van der Waals surface area (Å²) in [7, 11) is 0. The standard InChI is InChI=1S/C7H5ClO.C7H11N3O2/c8-7-3-1-2-6(4-7)5-9;1-5(11)9-3-4-10(6(2)12)7(9)8/h1-5H;8H,3-4H2,1-2H3. The second-order valence-electron chi connectivity index (χ2n) is 4.34. The molecule has 1 aromatic rings. The maximum atomic E-state index is 10.9. The Morgan fingerprint density at radius 3 is 2.00 bits per heavy atom. The monoisotopic (exact) mass is 309 g/mol. The number of hydrogen-bond acceptors (Lipinski definition) is 4. The predicted molar refractivity (Wildman–Crippen MR) is 79.3 cm³/mol. The maximum absolute atomic E-state index is 10.9. The summed E-state index contributed by atoms with van der Waals surface area (Å²) in [6.07, 6.45) is 0.770. The minimum absolute atomic E-state index is 0.00463. The summed E-state index contributed by atoms with van der Waals surface area (Å²) in [5.74, 6) is -0.387. The lowest BCUT2D eigenvalue weighted by Gasteiger charge is -2.15. The molecule has 112 valence electrons. The van der Waals surface area contributed by atoms with Crippen molar-refractivity contribution in [1.82, 2.24) is 9.80 Å². The molecule has 0 aliphatic carbocycles. The van der Waals surface area contributed by atoms with E-state index in [1.165, 1.54) is 23.6 Å². The molecule has 0 unspecified atom stereocenters. The van der Waals surface area contributed by atoms with Crippen molar-refractivity contribution < 1.29 is 14.4 Å². The zero-order chi connectivity index (χ0) is 16.0. The van der Waals surface area contributed by atoms with Crippen LogP contribution in [0, 0.1) is 5.41 Å². The van der Waals surface area contributed by atoms with Crippen molar-refractivity contribution in [3.8, 4) is 0 Å². The Kier molecular flexibility index (Phi) is 6.05. The normalized spacial score (nSPS) is 13.6. The largest absolute Gasteiger partial charge is 0.298 e. The summed E-state index contributed by atoms with van der Waals surface area (Å²) in [5, 5.41) is 8.03. The summed E-state index contributed by atoms with van der Waals surface area (Å²) in [6, 6.07) is 6.80. The van der Waals surface area contributed by atoms with Crippen molar-refractivity contribution in [2.24, 2.45) is 0 Å². The molecular weight excluding hydrogens is 294 g/mol. The number of carbonyl (C=O) groups is 3. The predicted octanol–water partition coefficient (Wildman–Crippen LogP) is 1.78. The van der Waals surface area contributed by atoms with Gasteiger partial charge in [0.2, 0.25) is 17.8 Å². The molecule has 0 spiro atoms. The van der Waals surface area contributed by atoms with Gasteiger partial charge < -0.3 is 0 Å². The third-order valence-electron chi connectivity index (χ3n) is 2.80. The molecule has 0 bridgehead atoms. The van der Waals surface area contributed by atoms with Crippen LogP contribution in [0.2, 0.25) is 5.02 Å². The number of benzene rings is 1. The molecule has 0 radical (unpaired) electrons. The molecule has 1 heterocycles. The van der Waals surface area contributed by atoms with E-state index >= 15 is 0 Å². The minimum Gasteiger partial charge on any atom is -0.298 e. The van der Waals surface area contributed by atoms with Gasteiger partial charge in [-0.15, -0.1) is 0 Å². The zero-order valence-corrected chi connectivity index (χ0v) is 12.6. The fraction of sp³-hybridized carbons (Fsp3) is 0.286. The molecule has 0 atom stereocenters. The SMILES string of the molecule is CC(=O)N1CCN(C(C)=O)C1=N.O=Cc1cccc(Cl)c1. The van der Waals surface area contributed by atoms with Gasteiger partial charge in [-0.2, -0.15) is 0 Å². The van der Waals surface area contributed by atoms with Gasteiger partial charge in [-0.1, -0.05) is 23.7 Å². The molecule has 1 fully saturated rings. The molecule has 0 saturated carbocycles. The molecule has 7 heteroatoms. The average molecular weight is 310 g/mol. The summed E-state index contributed by atoms with van der Waals surface area (Å²) in [5.41, 5.74) is 0.613. The van der Waals surface area contributed by atoms with Crippen molar-refractivity contribution >= 4 is 35.7 Å². The topological polar surface area (TPSA) is 81.5 Å². The molecule has 1 N–H and O–H groups in total. The molecule has 1 aliphatic heterocycles. The highest BCUT2D eigenvalue weighted by Gasteiger charge is 2.29. The van der Waals surface area contributed by atoms with Gasteiger partial charge >= 0.3 is 0 Å². The molecule has 21 heavy (non-hydrogen) atoms. The van der Waals surface area contributed by atoms with Gasteiger partial charge in [0.1, 0.15) is 6.29 Å². The van der Waals surface area contributed by atoms with Gasteiger partial charge in [0, 0.05) is 37.5 Å². The van der Waals surface area contributed by atoms with E-state index in [0.717, 1.165) is 6.29 Å². The third kappa shape index (κ3) is 4.68. The Hall–Kier alpha value is -2.21. The first-order chi connectivity index (χ1) is 9.86. The second kappa shape index (κ2) is 7.54. The van der Waals surface area contributed by atoms with Gasteiger partial charge in [0.25, 0.3) is 0 Å². The van der Waals surface area contributed by atoms with Crippen LogP contribution in [0.3, 0.4) is 0 Å². The van der Waals surface area contributed by atoms with Crippen molar-refractivity contribution in [3.63, 3.8) is 0 Å². The van der Waals surface area contributed by atoms with E-state index in [0.29, 0.717) is 23.7 Å². The van der Waals surface area contributed by atoms with Crippen LogP contribution in [-0.2, 0) is 9.59 Å². The Bertz CT molecular complexity index is 550. The number of nitrogens with zero attached hydrogens (tertiary/aromatic N) is 2. The highest BCUT2D eigenvalue weighted by Crippen LogP contribution is 2.08. The van der Waals surface area contributed by atoms with Gasteiger partial charge in [0.15, 0.2) is 0 Å². The van der Waals surface area contributed by atoms with Crippen LogP contribution < -0.4 is 0 Å². The summed E-state index contributed by atoms with van der Waals surface area (Å²) >= 11 is 5.56. The van der Waals surface area contributed by atoms with Crippen LogP contribution in [-0.4, -0.2) is 46.9 Å². The van der Waals surface area contributed by atoms with Crippen LogP contribution in [0.15, 0.2) is 24.3 Å². The van der Waals surface area contributed by atoms with E-state index in [9.17, 15) is 14.4 Å². The highest BCUT2D eigenvalue weighted by atomic mass is 35.5. The first-order valence-corrected chi connectivity index (χ1v) is 6.60. The van der Waals surface area contributed by atoms with Crippen LogP contribution in [0.1, 0.15) is 24.2 Å². The zero-order valence-electron chi connectivity index (χ0n) is 11.8. The smallest absolute Gasteiger partial charge is 0.226 e. The lowest BCUT2D eigenvalue weighted by atomic mass is 10.2. The maximum Gasteiger partial charge on any atom is 0.226 e. The Morgan fingerprint density at radius 2 is 1.71 bits per heavy atom. The number of carbonyl (C=O) groups excluding carboxylic acids is 3. The van der Waals surface area contributed by atoms with Crippen molar-refractivity contribution in [2.75, 3.05) is 13.1 Å². The van der Waals surface area contributed by atoms with Gasteiger partial charge in [-0.25, -0.2) is 0 Å². The highest BCUT2D eigenvalue weighted by molar-refractivity contribution is 6.30. The fourth-order valence-electron chi connectivity index (χ4n) is 1.75. The van der Waals surface area contributed by atoms with E-state index in [-0.39, 0.29) is 17.8 Å². The number of nitrogens with one attached hydrogen (secondary N) is 1. The van der Waals surface area contributed by atoms with Crippen molar-refractivity contribution in [1.29, 1.82) is 5.41 Å². The molecule has 2 amide bonds. The fourth-order valence-corrected chi connectivity index (χ4v) is 1.95. The molecular formula is C14H16ClN3O3. The Labute approximate surface area is 127 Å². The van der Waals surface area contributed by atoms with E-state index in [2.05, 4.69) is 0 Å². The van der Waals surface area contributed by atoms with Crippen LogP contribution >= 0.6 is 11.6 Å². The summed E-state index contributed by atoms with van der Waals surface area (Å²) < 4.78 is 0. The van der Waals surface area contributed by atoms with Crippen LogP contribution in [0.5, 0.6) is 0 Å². The Morgan fingerprint density at radius 1 is 1.19 bits per heavy atom. The number of halogens is 1. The van der Waals surface area contributed by atoms with Gasteiger partial charge in [-0.05, 0) is 12.1 Å². The van der Waals surface area contributed by atoms with E-state index in [1.807, 2.05) is 0 Å². The minimum atomic E-state index is -0.191. The van der Waals surface area contributed by atoms with E-state index in [4.69, 9.17) is 17.0 Å². The first kappa shape index (κ1) is 16.8. The quantitative estimate of drug-likeness (QED) is 0.803. The van der Waals surface area contributed by atoms with Crippen LogP contribution in [0.25, 0.3) is 0 Å². The van der Waals surface area contributed by atoms with E-state index < -0.39 is 0 Å². The molecule has 1 aromatic carbocycles. The summed E-state index contributed by atoms with van der Waals surface area (Å²) in [4.78, 5) is 34.4. The van der Waals surface area contributed by atoms with Crippen LogP contribution in [0.4, 0.5) is 0 Å². The Balaban J connectivity index is 0.000000219. The number of guanidine groups is 1. The lowest BCUT2D eigenvalue weighted by molar-refractivity contribution is -0.124. The third-order valence-corrected chi connectivity index (χ3v) is 3.04. The average Bonchev–Trinajstić information content (AvgIpc) is 2.81. The van der Waals surface area contributed by atoms with Gasteiger partial charge in [0.05, 0.1) is 0 Å². The summed E-state index contributed by atoms with van der Waals surface area (Å²) in [6.45, 7) is 3.65. The second-order valence-corrected chi connectivity index (χ2v) is 4.77.